The fourth-order valence-electron chi connectivity index (χ4n) is 4.21. The van der Waals surface area contributed by atoms with E-state index in [2.05, 4.69) is 10.3 Å². The normalized spacial score (nSPS) is 12.8. The van der Waals surface area contributed by atoms with Gasteiger partial charge in [-0.1, -0.05) is 0 Å². The van der Waals surface area contributed by atoms with E-state index >= 15 is 0 Å². The highest BCUT2D eigenvalue weighted by Gasteiger charge is 2.39. The Labute approximate surface area is 253 Å². The maximum Gasteiger partial charge on any atom is 0.307 e. The molecule has 15 nitrogen and oxygen atoms in total. The van der Waals surface area contributed by atoms with Crippen molar-refractivity contribution in [3.05, 3.63) is 39.3 Å². The van der Waals surface area contributed by atoms with Gasteiger partial charge in [-0.25, -0.2) is 4.98 Å². The molecule has 1 aromatic heterocycles. The average molecular weight is 620 g/mol. The Morgan fingerprint density at radius 1 is 0.841 bits per heavy atom. The molecule has 240 valence electrons. The number of rotatable bonds is 14. The van der Waals surface area contributed by atoms with Gasteiger partial charge in [0.15, 0.2) is 24.0 Å². The van der Waals surface area contributed by atoms with E-state index in [9.17, 15) is 33.6 Å². The van der Waals surface area contributed by atoms with Crippen molar-refractivity contribution in [2.24, 2.45) is 0 Å². The summed E-state index contributed by atoms with van der Waals surface area (Å²) in [5.41, 5.74) is 0.653. The van der Waals surface area contributed by atoms with Gasteiger partial charge in [0.25, 0.3) is 11.5 Å². The van der Waals surface area contributed by atoms with Crippen molar-refractivity contribution in [1.82, 2.24) is 14.9 Å². The number of amides is 1. The quantitative estimate of drug-likeness (QED) is 0.233. The van der Waals surface area contributed by atoms with Crippen molar-refractivity contribution >= 4 is 46.8 Å². The zero-order chi connectivity index (χ0) is 33.1. The van der Waals surface area contributed by atoms with E-state index < -0.39 is 78.5 Å². The molecule has 44 heavy (non-hydrogen) atoms. The van der Waals surface area contributed by atoms with Crippen LogP contribution in [0.2, 0.25) is 0 Å². The van der Waals surface area contributed by atoms with Crippen molar-refractivity contribution in [2.45, 2.75) is 79.7 Å². The molecule has 0 unspecified atom stereocenters. The Bertz CT molecular complexity index is 1480. The number of hydrogen-bond donors (Lipinski definition) is 1. The number of nitrogens with one attached hydrogen (secondary N) is 1. The maximum absolute atomic E-state index is 13.8. The standard InChI is InChI=1S/C29H37N3O12/c1-8-40-25(37)9-10-30-28(38)26-29(39)32(22-12-16(3)15(2)11-21(22)31-26)13-23(42-18(5)34)27(44-20(7)36)24(43-19(6)35)14-41-17(4)33/h11-12,23-24,27H,8-10,13-14H2,1-7H3,(H,30,38)/t23-,24+,27-/m0/s1. The van der Waals surface area contributed by atoms with E-state index in [0.29, 0.717) is 0 Å². The SMILES string of the molecule is CCOC(=O)CCNC(=O)c1nc2cc(C)c(C)cc2n(C[C@H](OC(C)=O)[C@H](OC(C)=O)[C@@H](COC(C)=O)OC(C)=O)c1=O. The Kier molecular flexibility index (Phi) is 13.0. The molecule has 1 heterocycles. The topological polar surface area (TPSA) is 195 Å². The lowest BCUT2D eigenvalue weighted by Crippen LogP contribution is -2.50. The number of benzene rings is 1. The molecule has 2 rings (SSSR count). The van der Waals surface area contributed by atoms with Crippen LogP contribution in [0.1, 0.15) is 62.7 Å². The lowest BCUT2D eigenvalue weighted by Gasteiger charge is -2.32. The van der Waals surface area contributed by atoms with Gasteiger partial charge in [-0.15, -0.1) is 0 Å². The minimum Gasteiger partial charge on any atom is -0.466 e. The molecule has 0 aliphatic carbocycles. The molecule has 1 N–H and O–H groups in total. The summed E-state index contributed by atoms with van der Waals surface area (Å²) < 4.78 is 27.1. The summed E-state index contributed by atoms with van der Waals surface area (Å²) in [5, 5.41) is 2.47. The second kappa shape index (κ2) is 16.1. The maximum atomic E-state index is 13.8. The molecule has 3 atom stereocenters. The highest BCUT2D eigenvalue weighted by Crippen LogP contribution is 2.21. The summed E-state index contributed by atoms with van der Waals surface area (Å²) in [7, 11) is 0. The Morgan fingerprint density at radius 2 is 1.43 bits per heavy atom. The van der Waals surface area contributed by atoms with Crippen LogP contribution in [0, 0.1) is 13.8 Å². The van der Waals surface area contributed by atoms with Crippen LogP contribution in [0.15, 0.2) is 16.9 Å². The predicted octanol–water partition coefficient (Wildman–Crippen LogP) is 1.05. The Morgan fingerprint density at radius 3 is 2.00 bits per heavy atom. The predicted molar refractivity (Wildman–Crippen MR) is 152 cm³/mol. The third-order valence-corrected chi connectivity index (χ3v) is 6.18. The van der Waals surface area contributed by atoms with Crippen LogP contribution in [-0.4, -0.2) is 83.4 Å². The Hall–Kier alpha value is -4.82. The zero-order valence-electron chi connectivity index (χ0n) is 25.7. The van der Waals surface area contributed by atoms with E-state index in [0.717, 1.165) is 43.4 Å². The molecule has 1 amide bonds. The average Bonchev–Trinajstić information content (AvgIpc) is 2.91. The molecule has 0 aliphatic heterocycles. The van der Waals surface area contributed by atoms with Crippen molar-refractivity contribution in [3.63, 3.8) is 0 Å². The molecule has 0 saturated carbocycles. The number of aryl methyl sites for hydroxylation is 2. The number of esters is 5. The highest BCUT2D eigenvalue weighted by atomic mass is 16.6. The molecule has 0 fully saturated rings. The van der Waals surface area contributed by atoms with Gasteiger partial charge < -0.3 is 33.6 Å². The van der Waals surface area contributed by atoms with E-state index in [1.807, 2.05) is 6.92 Å². The van der Waals surface area contributed by atoms with E-state index in [4.69, 9.17) is 23.7 Å². The van der Waals surface area contributed by atoms with Gasteiger partial charge in [-0.2, -0.15) is 0 Å². The van der Waals surface area contributed by atoms with Crippen molar-refractivity contribution in [3.8, 4) is 0 Å². The summed E-state index contributed by atoms with van der Waals surface area (Å²) in [6.07, 6.45) is -4.62. The second-order valence-electron chi connectivity index (χ2n) is 9.78. The lowest BCUT2D eigenvalue weighted by atomic mass is 10.1. The first-order chi connectivity index (χ1) is 20.6. The van der Waals surface area contributed by atoms with E-state index in [1.165, 1.54) is 0 Å². The third-order valence-electron chi connectivity index (χ3n) is 6.18. The Balaban J connectivity index is 2.70. The smallest absolute Gasteiger partial charge is 0.307 e. The van der Waals surface area contributed by atoms with Crippen LogP contribution < -0.4 is 10.9 Å². The molecule has 0 spiro atoms. The van der Waals surface area contributed by atoms with Crippen LogP contribution >= 0.6 is 0 Å². The van der Waals surface area contributed by atoms with Gasteiger partial charge in [0.05, 0.1) is 30.6 Å². The third kappa shape index (κ3) is 10.2. The molecule has 1 aromatic carbocycles. The summed E-state index contributed by atoms with van der Waals surface area (Å²) in [6.45, 7) is 8.54. The summed E-state index contributed by atoms with van der Waals surface area (Å²) in [6, 6.07) is 3.30. The second-order valence-corrected chi connectivity index (χ2v) is 9.78. The van der Waals surface area contributed by atoms with Crippen LogP contribution in [-0.2, 0) is 54.2 Å². The van der Waals surface area contributed by atoms with Gasteiger partial charge >= 0.3 is 29.8 Å². The van der Waals surface area contributed by atoms with Crippen molar-refractivity contribution in [2.75, 3.05) is 19.8 Å². The first-order valence-corrected chi connectivity index (χ1v) is 13.7. The molecule has 0 radical (unpaired) electrons. The largest absolute Gasteiger partial charge is 0.466 e. The first kappa shape index (κ1) is 35.4. The van der Waals surface area contributed by atoms with Crippen LogP contribution in [0.3, 0.4) is 0 Å². The van der Waals surface area contributed by atoms with Gasteiger partial charge in [0.2, 0.25) is 0 Å². The molecule has 0 saturated heterocycles. The van der Waals surface area contributed by atoms with Crippen LogP contribution in [0.5, 0.6) is 0 Å². The summed E-state index contributed by atoms with van der Waals surface area (Å²) in [4.78, 5) is 90.7. The minimum absolute atomic E-state index is 0.130. The monoisotopic (exact) mass is 619 g/mol. The molecular formula is C29H37N3O12. The number of carbonyl (C=O) groups is 6. The van der Waals surface area contributed by atoms with Crippen molar-refractivity contribution in [1.29, 1.82) is 0 Å². The van der Waals surface area contributed by atoms with Crippen molar-refractivity contribution < 1.29 is 52.5 Å². The van der Waals surface area contributed by atoms with E-state index in [-0.39, 0.29) is 30.6 Å². The number of carbonyl (C=O) groups excluding carboxylic acids is 6. The first-order valence-electron chi connectivity index (χ1n) is 13.7. The number of hydrogen-bond acceptors (Lipinski definition) is 13. The fraction of sp³-hybridized carbons (Fsp3) is 0.517. The molecule has 2 aromatic rings. The molecule has 15 heteroatoms. The number of ether oxygens (including phenoxy) is 5. The minimum atomic E-state index is -1.55. The molecule has 0 aliphatic rings. The van der Waals surface area contributed by atoms with Crippen LogP contribution in [0.25, 0.3) is 11.0 Å². The number of aromatic nitrogens is 2. The fourth-order valence-corrected chi connectivity index (χ4v) is 4.21. The summed E-state index contributed by atoms with van der Waals surface area (Å²) in [5.74, 6) is -4.65. The number of nitrogens with zero attached hydrogens (tertiary/aromatic N) is 2. The zero-order valence-corrected chi connectivity index (χ0v) is 25.7. The number of fused-ring (bicyclic) bond motifs is 1. The van der Waals surface area contributed by atoms with Crippen LogP contribution in [0.4, 0.5) is 0 Å². The lowest BCUT2D eigenvalue weighted by molar-refractivity contribution is -0.190. The molecule has 0 bridgehead atoms. The van der Waals surface area contributed by atoms with Gasteiger partial charge in [-0.05, 0) is 44.0 Å². The highest BCUT2D eigenvalue weighted by molar-refractivity contribution is 5.94. The van der Waals surface area contributed by atoms with E-state index in [1.54, 1.807) is 26.0 Å². The van der Waals surface area contributed by atoms with Gasteiger partial charge in [0, 0.05) is 34.2 Å². The van der Waals surface area contributed by atoms with Gasteiger partial charge in [-0.3, -0.25) is 33.6 Å². The summed E-state index contributed by atoms with van der Waals surface area (Å²) >= 11 is 0. The molecular weight excluding hydrogens is 582 g/mol. The van der Waals surface area contributed by atoms with Gasteiger partial charge in [0.1, 0.15) is 6.61 Å².